The number of likely N-dealkylation sites (tertiary alicyclic amines) is 1. The summed E-state index contributed by atoms with van der Waals surface area (Å²) in [6.07, 6.45) is 5.13. The summed E-state index contributed by atoms with van der Waals surface area (Å²) in [4.78, 5) is 17.3. The van der Waals surface area contributed by atoms with Gasteiger partial charge in [0.25, 0.3) is 0 Å². The summed E-state index contributed by atoms with van der Waals surface area (Å²) in [5, 5.41) is 3.26. The highest BCUT2D eigenvalue weighted by Crippen LogP contribution is 2.47. The van der Waals surface area contributed by atoms with Crippen molar-refractivity contribution in [1.82, 2.24) is 15.1 Å². The predicted octanol–water partition coefficient (Wildman–Crippen LogP) is 4.89. The molecule has 3 fully saturated rings. The monoisotopic (exact) mass is 455 g/mol. The molecule has 2 unspecified atom stereocenters. The summed E-state index contributed by atoms with van der Waals surface area (Å²) in [6, 6.07) is 9.76. The largest absolute Gasteiger partial charge is 0.494 e. The van der Waals surface area contributed by atoms with Gasteiger partial charge in [0.1, 0.15) is 11.5 Å². The van der Waals surface area contributed by atoms with Crippen LogP contribution in [0.2, 0.25) is 0 Å². The van der Waals surface area contributed by atoms with Crippen molar-refractivity contribution >= 4 is 6.03 Å². The molecular formula is C26H34FN3O3. The van der Waals surface area contributed by atoms with Crippen molar-refractivity contribution < 1.29 is 18.3 Å². The highest BCUT2D eigenvalue weighted by atomic mass is 19.1. The Morgan fingerprint density at radius 3 is 2.61 bits per heavy atom. The second kappa shape index (κ2) is 9.37. The van der Waals surface area contributed by atoms with Crippen LogP contribution in [-0.4, -0.2) is 48.1 Å². The second-order valence-electron chi connectivity index (χ2n) is 9.95. The fourth-order valence-electron chi connectivity index (χ4n) is 4.88. The van der Waals surface area contributed by atoms with Crippen molar-refractivity contribution in [3.63, 3.8) is 0 Å². The van der Waals surface area contributed by atoms with Gasteiger partial charge in [-0.2, -0.15) is 0 Å². The summed E-state index contributed by atoms with van der Waals surface area (Å²) in [5.74, 6) is 3.16. The van der Waals surface area contributed by atoms with E-state index in [2.05, 4.69) is 23.2 Å². The summed E-state index contributed by atoms with van der Waals surface area (Å²) in [6.45, 7) is 5.25. The number of furan rings is 1. The average molecular weight is 456 g/mol. The maximum atomic E-state index is 14.0. The number of methoxy groups -OCH3 is 1. The number of benzene rings is 1. The zero-order chi connectivity index (χ0) is 22.9. The molecule has 1 aromatic carbocycles. The van der Waals surface area contributed by atoms with Crippen LogP contribution >= 0.6 is 0 Å². The highest BCUT2D eigenvalue weighted by Gasteiger charge is 2.38. The molecule has 6 nitrogen and oxygen atoms in total. The van der Waals surface area contributed by atoms with E-state index in [1.165, 1.54) is 13.5 Å². The van der Waals surface area contributed by atoms with Crippen molar-refractivity contribution in [3.05, 3.63) is 53.2 Å². The highest BCUT2D eigenvalue weighted by molar-refractivity contribution is 5.75. The van der Waals surface area contributed by atoms with Gasteiger partial charge in [-0.15, -0.1) is 0 Å². The number of carbonyl (C=O) groups is 1. The van der Waals surface area contributed by atoms with Gasteiger partial charge in [-0.1, -0.05) is 13.0 Å². The average Bonchev–Trinajstić information content (AvgIpc) is 3.73. The van der Waals surface area contributed by atoms with Crippen molar-refractivity contribution in [2.24, 2.45) is 5.92 Å². The lowest BCUT2D eigenvalue weighted by Gasteiger charge is -2.33. The Kier molecular flexibility index (Phi) is 6.32. The number of ether oxygens (including phenoxy) is 1. The molecular weight excluding hydrogens is 421 g/mol. The molecule has 0 spiro atoms. The molecule has 2 amide bonds. The Bertz CT molecular complexity index is 981. The molecule has 2 aliphatic carbocycles. The number of carbonyl (C=O) groups excluding carboxylic acids is 1. The molecule has 1 aliphatic heterocycles. The van der Waals surface area contributed by atoms with E-state index in [0.717, 1.165) is 55.9 Å². The van der Waals surface area contributed by atoms with E-state index in [4.69, 9.17) is 9.15 Å². The Hall–Kier alpha value is -2.54. The first-order valence-electron chi connectivity index (χ1n) is 12.2. The topological polar surface area (TPSA) is 58.0 Å². The van der Waals surface area contributed by atoms with Crippen LogP contribution in [0, 0.1) is 11.7 Å². The van der Waals surface area contributed by atoms with E-state index in [9.17, 15) is 9.18 Å². The summed E-state index contributed by atoms with van der Waals surface area (Å²) >= 11 is 0. The smallest absolute Gasteiger partial charge is 0.318 e. The summed E-state index contributed by atoms with van der Waals surface area (Å²) in [5.41, 5.74) is 0.939. The van der Waals surface area contributed by atoms with Crippen LogP contribution in [0.5, 0.6) is 5.75 Å². The zero-order valence-corrected chi connectivity index (χ0v) is 19.6. The molecule has 1 N–H and O–H groups in total. The molecule has 5 rings (SSSR count). The van der Waals surface area contributed by atoms with Crippen LogP contribution < -0.4 is 10.1 Å². The third-order valence-corrected chi connectivity index (χ3v) is 7.27. The zero-order valence-electron chi connectivity index (χ0n) is 19.6. The van der Waals surface area contributed by atoms with Gasteiger partial charge in [0, 0.05) is 37.6 Å². The van der Waals surface area contributed by atoms with Gasteiger partial charge in [0.05, 0.1) is 13.7 Å². The lowest BCUT2D eigenvalue weighted by atomic mass is 10.0. The number of halogens is 1. The quantitative estimate of drug-likeness (QED) is 0.616. The van der Waals surface area contributed by atoms with Crippen LogP contribution in [-0.2, 0) is 13.1 Å². The van der Waals surface area contributed by atoms with Crippen LogP contribution in [0.15, 0.2) is 34.7 Å². The predicted molar refractivity (Wildman–Crippen MR) is 124 cm³/mol. The van der Waals surface area contributed by atoms with E-state index >= 15 is 0 Å². The number of rotatable bonds is 8. The first-order valence-corrected chi connectivity index (χ1v) is 12.2. The van der Waals surface area contributed by atoms with Crippen LogP contribution in [0.4, 0.5) is 9.18 Å². The summed E-state index contributed by atoms with van der Waals surface area (Å²) < 4.78 is 25.0. The Morgan fingerprint density at radius 1 is 1.21 bits per heavy atom. The van der Waals surface area contributed by atoms with E-state index in [-0.39, 0.29) is 23.6 Å². The van der Waals surface area contributed by atoms with E-state index in [1.807, 2.05) is 17.0 Å². The molecule has 3 aliphatic rings. The minimum Gasteiger partial charge on any atom is -0.494 e. The van der Waals surface area contributed by atoms with Crippen LogP contribution in [0.3, 0.4) is 0 Å². The standard InChI is InChI=1S/C26H34FN3O3/c1-17-13-22(17)24-8-6-21(33-24)16-30(20-4-5-20)26(31)28-19-9-11-29(12-10-19)15-18-3-7-25(32-2)23(27)14-18/h3,6-8,14,17,19-20,22H,4-5,9-13,15-16H2,1-2H3,(H,28,31). The van der Waals surface area contributed by atoms with E-state index in [1.54, 1.807) is 12.1 Å². The fraction of sp³-hybridized carbons (Fsp3) is 0.577. The molecule has 0 bridgehead atoms. The Balaban J connectivity index is 1.11. The maximum Gasteiger partial charge on any atom is 0.318 e. The number of nitrogens with zero attached hydrogens (tertiary/aromatic N) is 2. The van der Waals surface area contributed by atoms with Crippen molar-refractivity contribution in [1.29, 1.82) is 0 Å². The van der Waals surface area contributed by atoms with Gasteiger partial charge >= 0.3 is 6.03 Å². The van der Waals surface area contributed by atoms with Gasteiger partial charge in [0.15, 0.2) is 11.6 Å². The molecule has 2 saturated carbocycles. The molecule has 178 valence electrons. The minimum absolute atomic E-state index is 0.0194. The van der Waals surface area contributed by atoms with Crippen molar-refractivity contribution in [3.8, 4) is 5.75 Å². The van der Waals surface area contributed by atoms with Crippen molar-refractivity contribution in [2.75, 3.05) is 20.2 Å². The third kappa shape index (κ3) is 5.35. The van der Waals surface area contributed by atoms with Gasteiger partial charge in [-0.25, -0.2) is 9.18 Å². The Morgan fingerprint density at radius 2 is 1.97 bits per heavy atom. The first-order chi connectivity index (χ1) is 16.0. The molecule has 33 heavy (non-hydrogen) atoms. The van der Waals surface area contributed by atoms with E-state index in [0.29, 0.717) is 31.0 Å². The summed E-state index contributed by atoms with van der Waals surface area (Å²) in [7, 11) is 1.47. The molecule has 0 radical (unpaired) electrons. The molecule has 7 heteroatoms. The van der Waals surface area contributed by atoms with Gasteiger partial charge < -0.3 is 19.4 Å². The fourth-order valence-corrected chi connectivity index (χ4v) is 4.88. The number of urea groups is 1. The molecule has 2 atom stereocenters. The molecule has 2 aromatic rings. The molecule has 1 aromatic heterocycles. The Labute approximate surface area is 195 Å². The van der Waals surface area contributed by atoms with Crippen LogP contribution in [0.1, 0.15) is 62.0 Å². The second-order valence-corrected chi connectivity index (χ2v) is 9.95. The number of amides is 2. The third-order valence-electron chi connectivity index (χ3n) is 7.27. The van der Waals surface area contributed by atoms with E-state index < -0.39 is 0 Å². The van der Waals surface area contributed by atoms with Gasteiger partial charge in [0.2, 0.25) is 0 Å². The first kappa shape index (κ1) is 22.3. The number of hydrogen-bond acceptors (Lipinski definition) is 4. The van der Waals surface area contributed by atoms with Crippen molar-refractivity contribution in [2.45, 2.75) is 70.1 Å². The lowest BCUT2D eigenvalue weighted by molar-refractivity contribution is 0.162. The van der Waals surface area contributed by atoms with Gasteiger partial charge in [-0.3, -0.25) is 4.90 Å². The number of hydrogen-bond donors (Lipinski definition) is 1. The van der Waals surface area contributed by atoms with Crippen LogP contribution in [0.25, 0.3) is 0 Å². The number of piperidine rings is 1. The lowest BCUT2D eigenvalue weighted by Crippen LogP contribution is -2.49. The minimum atomic E-state index is -0.326. The normalized spacial score (nSPS) is 23.4. The number of nitrogens with one attached hydrogen (secondary N) is 1. The maximum absolute atomic E-state index is 14.0. The van der Waals surface area contributed by atoms with Gasteiger partial charge in [-0.05, 0) is 67.9 Å². The molecule has 1 saturated heterocycles. The molecule has 2 heterocycles. The SMILES string of the molecule is COc1ccc(CN2CCC(NC(=O)N(Cc3ccc(C4CC4C)o3)C3CC3)CC2)cc1F.